The average Bonchev–Trinajstić information content (AvgIpc) is 2.06. The van der Waals surface area contributed by atoms with Crippen LogP contribution in [0.25, 0.3) is 0 Å². The molecule has 0 atom stereocenters. The van der Waals surface area contributed by atoms with Crippen LogP contribution in [0.4, 0.5) is 0 Å². The van der Waals surface area contributed by atoms with Gasteiger partial charge in [0.2, 0.25) is 0 Å². The van der Waals surface area contributed by atoms with Gasteiger partial charge in [-0.1, -0.05) is 0 Å². The van der Waals surface area contributed by atoms with E-state index in [0.717, 1.165) is 5.75 Å². The lowest BCUT2D eigenvalue weighted by Crippen LogP contribution is -2.03. The molecule has 0 aromatic carbocycles. The van der Waals surface area contributed by atoms with Gasteiger partial charge < -0.3 is 0 Å². The highest BCUT2D eigenvalue weighted by Gasteiger charge is 2.11. The highest BCUT2D eigenvalue weighted by atomic mass is 79.9. The molecule has 0 N–H and O–H groups in total. The van der Waals surface area contributed by atoms with E-state index in [1.54, 1.807) is 0 Å². The highest BCUT2D eigenvalue weighted by Crippen LogP contribution is 2.28. The summed E-state index contributed by atoms with van der Waals surface area (Å²) < 4.78 is 1.18. The molecule has 58 valence electrons. The van der Waals surface area contributed by atoms with Gasteiger partial charge in [0.15, 0.2) is 0 Å². The van der Waals surface area contributed by atoms with Crippen LogP contribution in [0.2, 0.25) is 0 Å². The van der Waals surface area contributed by atoms with E-state index in [4.69, 9.17) is 0 Å². The molecule has 11 heavy (non-hydrogen) atoms. The third kappa shape index (κ3) is 1.44. The average molecular weight is 230 g/mol. The molecule has 0 unspecified atom stereocenters. The Hall–Kier alpha value is -0.0200. The van der Waals surface area contributed by atoms with Crippen LogP contribution in [0.15, 0.2) is 16.9 Å². The largest absolute Gasteiger partial charge is 0.263 e. The predicted molar refractivity (Wildman–Crippen MR) is 51.8 cm³/mol. The van der Waals surface area contributed by atoms with Gasteiger partial charge in [-0.05, 0) is 39.2 Å². The lowest BCUT2D eigenvalue weighted by molar-refractivity contribution is 1.04. The summed E-state index contributed by atoms with van der Waals surface area (Å²) in [4.78, 5) is 4.14. The Morgan fingerprint density at radius 1 is 1.45 bits per heavy atom. The summed E-state index contributed by atoms with van der Waals surface area (Å²) >= 11 is 5.50. The molecular weight excluding hydrogens is 222 g/mol. The Bertz CT molecular complexity index is 275. The van der Waals surface area contributed by atoms with Crippen LogP contribution in [0.3, 0.4) is 0 Å². The van der Waals surface area contributed by atoms with Crippen LogP contribution in [-0.2, 0) is 12.2 Å². The van der Waals surface area contributed by atoms with Gasteiger partial charge >= 0.3 is 0 Å². The summed E-state index contributed by atoms with van der Waals surface area (Å²) in [5, 5.41) is 0. The van der Waals surface area contributed by atoms with E-state index in [2.05, 4.69) is 20.9 Å². The van der Waals surface area contributed by atoms with Crippen molar-refractivity contribution in [1.82, 2.24) is 4.98 Å². The number of halogens is 1. The Morgan fingerprint density at radius 2 is 2.36 bits per heavy atom. The second-order valence-electron chi connectivity index (χ2n) is 2.56. The molecule has 1 aliphatic heterocycles. The first-order valence-corrected chi connectivity index (χ1v) is 5.51. The Kier molecular flexibility index (Phi) is 2.18. The van der Waals surface area contributed by atoms with Crippen LogP contribution >= 0.6 is 27.7 Å². The van der Waals surface area contributed by atoms with Crippen molar-refractivity contribution in [3.8, 4) is 0 Å². The maximum atomic E-state index is 4.14. The highest BCUT2D eigenvalue weighted by molar-refractivity contribution is 9.10. The fourth-order valence-electron chi connectivity index (χ4n) is 1.26. The summed E-state index contributed by atoms with van der Waals surface area (Å²) in [5.74, 6) is 2.37. The fraction of sp³-hybridized carbons (Fsp3) is 0.375. The molecule has 2 rings (SSSR count). The normalized spacial score (nSPS) is 16.1. The van der Waals surface area contributed by atoms with Gasteiger partial charge in [-0.15, -0.1) is 0 Å². The van der Waals surface area contributed by atoms with Crippen molar-refractivity contribution < 1.29 is 0 Å². The third-order valence-electron chi connectivity index (χ3n) is 1.85. The topological polar surface area (TPSA) is 12.9 Å². The minimum absolute atomic E-state index is 1.13. The standard InChI is InChI=1S/C8H8BrNS/c9-8-4-10-3-6-5-11-2-1-7(6)8/h3-4H,1-2,5H2. The van der Waals surface area contributed by atoms with Crippen molar-refractivity contribution in [3.63, 3.8) is 0 Å². The molecule has 1 aliphatic rings. The number of pyridine rings is 1. The number of thioether (sulfide) groups is 1. The van der Waals surface area contributed by atoms with Gasteiger partial charge in [0.1, 0.15) is 0 Å². The third-order valence-corrected chi connectivity index (χ3v) is 3.54. The monoisotopic (exact) mass is 229 g/mol. The lowest BCUT2D eigenvalue weighted by atomic mass is 10.1. The molecular formula is C8H8BrNS. The molecule has 0 bridgehead atoms. The summed E-state index contributed by atoms with van der Waals surface area (Å²) in [6, 6.07) is 0. The van der Waals surface area contributed by atoms with E-state index in [1.807, 2.05) is 24.2 Å². The van der Waals surface area contributed by atoms with Crippen LogP contribution < -0.4 is 0 Å². The van der Waals surface area contributed by atoms with E-state index in [-0.39, 0.29) is 0 Å². The van der Waals surface area contributed by atoms with Crippen LogP contribution in [0.5, 0.6) is 0 Å². The molecule has 1 aromatic rings. The van der Waals surface area contributed by atoms with E-state index in [9.17, 15) is 0 Å². The predicted octanol–water partition coefficient (Wildman–Crippen LogP) is 2.63. The summed E-state index contributed by atoms with van der Waals surface area (Å²) in [6.07, 6.45) is 5.05. The molecule has 0 aliphatic carbocycles. The molecule has 1 nitrogen and oxygen atoms in total. The molecule has 0 saturated heterocycles. The second-order valence-corrected chi connectivity index (χ2v) is 4.52. The molecule has 0 fully saturated rings. The Balaban J connectivity index is 2.49. The van der Waals surface area contributed by atoms with E-state index in [1.165, 1.54) is 27.8 Å². The fourth-order valence-corrected chi connectivity index (χ4v) is 2.80. The zero-order valence-corrected chi connectivity index (χ0v) is 8.41. The van der Waals surface area contributed by atoms with Crippen molar-refractivity contribution in [2.45, 2.75) is 12.2 Å². The van der Waals surface area contributed by atoms with Gasteiger partial charge in [0, 0.05) is 22.6 Å². The van der Waals surface area contributed by atoms with E-state index in [0.29, 0.717) is 0 Å². The number of fused-ring (bicyclic) bond motifs is 1. The van der Waals surface area contributed by atoms with Crippen molar-refractivity contribution >= 4 is 27.7 Å². The second kappa shape index (κ2) is 3.15. The summed E-state index contributed by atoms with van der Waals surface area (Å²) in [6.45, 7) is 0. The minimum Gasteiger partial charge on any atom is -0.263 e. The first-order chi connectivity index (χ1) is 5.38. The van der Waals surface area contributed by atoms with Crippen molar-refractivity contribution in [2.24, 2.45) is 0 Å². The van der Waals surface area contributed by atoms with Gasteiger partial charge in [0.05, 0.1) is 0 Å². The minimum atomic E-state index is 1.13. The SMILES string of the molecule is Brc1cncc2c1CCSC2. The van der Waals surface area contributed by atoms with Crippen LogP contribution in [0.1, 0.15) is 11.1 Å². The van der Waals surface area contributed by atoms with Crippen LogP contribution in [0, 0.1) is 0 Å². The zero-order valence-electron chi connectivity index (χ0n) is 6.01. The quantitative estimate of drug-likeness (QED) is 0.679. The maximum Gasteiger partial charge on any atom is 0.0413 e. The summed E-state index contributed by atoms with van der Waals surface area (Å²) in [5.41, 5.74) is 2.86. The number of hydrogen-bond donors (Lipinski definition) is 0. The van der Waals surface area contributed by atoms with Gasteiger partial charge in [0.25, 0.3) is 0 Å². The first kappa shape index (κ1) is 7.62. The summed E-state index contributed by atoms with van der Waals surface area (Å²) in [7, 11) is 0. The number of rotatable bonds is 0. The van der Waals surface area contributed by atoms with Gasteiger partial charge in [-0.3, -0.25) is 4.98 Å². The molecule has 2 heterocycles. The first-order valence-electron chi connectivity index (χ1n) is 3.57. The molecule has 0 amide bonds. The van der Waals surface area contributed by atoms with Crippen molar-refractivity contribution in [3.05, 3.63) is 28.0 Å². The van der Waals surface area contributed by atoms with Gasteiger partial charge in [-0.2, -0.15) is 11.8 Å². The molecule has 1 aromatic heterocycles. The molecule has 0 spiro atoms. The molecule has 3 heteroatoms. The Labute approximate surface area is 78.7 Å². The Morgan fingerprint density at radius 3 is 3.18 bits per heavy atom. The number of hydrogen-bond acceptors (Lipinski definition) is 2. The van der Waals surface area contributed by atoms with Gasteiger partial charge in [-0.25, -0.2) is 0 Å². The van der Waals surface area contributed by atoms with E-state index < -0.39 is 0 Å². The van der Waals surface area contributed by atoms with Crippen molar-refractivity contribution in [1.29, 1.82) is 0 Å². The van der Waals surface area contributed by atoms with Crippen molar-refractivity contribution in [2.75, 3.05) is 5.75 Å². The zero-order chi connectivity index (χ0) is 7.68. The van der Waals surface area contributed by atoms with Crippen LogP contribution in [-0.4, -0.2) is 10.7 Å². The maximum absolute atomic E-state index is 4.14. The number of aromatic nitrogens is 1. The lowest BCUT2D eigenvalue weighted by Gasteiger charge is -2.15. The smallest absolute Gasteiger partial charge is 0.0413 e. The number of nitrogens with zero attached hydrogens (tertiary/aromatic N) is 1. The molecule has 0 saturated carbocycles. The molecule has 0 radical (unpaired) electrons. The van der Waals surface area contributed by atoms with E-state index >= 15 is 0 Å².